The highest BCUT2D eigenvalue weighted by Gasteiger charge is 2.11. The molecule has 19 heavy (non-hydrogen) atoms. The average molecular weight is 269 g/mol. The van der Waals surface area contributed by atoms with E-state index < -0.39 is 10.8 Å². The van der Waals surface area contributed by atoms with E-state index in [-0.39, 0.29) is 31.1 Å². The van der Waals surface area contributed by atoms with Crippen LogP contribution in [0, 0.1) is 10.1 Å². The Balaban J connectivity index is 2.82. The minimum atomic E-state index is -0.543. The first-order chi connectivity index (χ1) is 9.04. The summed E-state index contributed by atoms with van der Waals surface area (Å²) in [6.07, 6.45) is 0.135. The van der Waals surface area contributed by atoms with E-state index in [0.29, 0.717) is 12.2 Å². The number of nitrogens with one attached hydrogen (secondary N) is 1. The molecule has 0 aliphatic carbocycles. The monoisotopic (exact) mass is 269 g/mol. The van der Waals surface area contributed by atoms with Gasteiger partial charge in [-0.05, 0) is 6.07 Å². The highest BCUT2D eigenvalue weighted by Crippen LogP contribution is 2.29. The third-order valence-corrected chi connectivity index (χ3v) is 2.21. The van der Waals surface area contributed by atoms with Crippen LogP contribution in [0.1, 0.15) is 6.42 Å². The maximum absolute atomic E-state index is 10.7. The Morgan fingerprint density at radius 1 is 1.53 bits per heavy atom. The van der Waals surface area contributed by atoms with Crippen LogP contribution in [-0.2, 0) is 4.79 Å². The van der Waals surface area contributed by atoms with Crippen LogP contribution in [-0.4, -0.2) is 35.7 Å². The fourth-order valence-electron chi connectivity index (χ4n) is 1.37. The van der Waals surface area contributed by atoms with Crippen LogP contribution in [0.3, 0.4) is 0 Å². The summed E-state index contributed by atoms with van der Waals surface area (Å²) in [6.45, 7) is 0.109. The van der Waals surface area contributed by atoms with Crippen LogP contribution in [0.5, 0.6) is 5.75 Å². The van der Waals surface area contributed by atoms with Crippen molar-refractivity contribution in [1.29, 1.82) is 0 Å². The van der Waals surface area contributed by atoms with Crippen molar-refractivity contribution < 1.29 is 19.6 Å². The molecule has 0 atom stereocenters. The van der Waals surface area contributed by atoms with E-state index in [1.807, 2.05) is 0 Å². The zero-order valence-corrected chi connectivity index (χ0v) is 10.2. The molecule has 4 N–H and O–H groups in total. The molecule has 0 aliphatic heterocycles. The Kier molecular flexibility index (Phi) is 5.55. The molecule has 1 aromatic carbocycles. The molecule has 0 fully saturated rings. The number of rotatable bonds is 8. The SMILES string of the molecule is NC(=O)CCNc1ccc([N+](=O)[O-])cc1OCCO. The molecule has 104 valence electrons. The molecule has 8 nitrogen and oxygen atoms in total. The van der Waals surface area contributed by atoms with Gasteiger partial charge < -0.3 is 20.9 Å². The number of nitrogens with two attached hydrogens (primary N) is 1. The van der Waals surface area contributed by atoms with E-state index >= 15 is 0 Å². The van der Waals surface area contributed by atoms with Crippen molar-refractivity contribution in [3.8, 4) is 5.75 Å². The van der Waals surface area contributed by atoms with Crippen molar-refractivity contribution in [1.82, 2.24) is 0 Å². The number of nitro benzene ring substituents is 1. The molecule has 0 radical (unpaired) electrons. The summed E-state index contributed by atoms with van der Waals surface area (Å²) < 4.78 is 5.20. The number of aliphatic hydroxyl groups is 1. The van der Waals surface area contributed by atoms with E-state index in [4.69, 9.17) is 15.6 Å². The van der Waals surface area contributed by atoms with Gasteiger partial charge in [0.2, 0.25) is 5.91 Å². The van der Waals surface area contributed by atoms with Gasteiger partial charge in [0.25, 0.3) is 5.69 Å². The van der Waals surface area contributed by atoms with Crippen molar-refractivity contribution in [3.05, 3.63) is 28.3 Å². The van der Waals surface area contributed by atoms with Gasteiger partial charge in [-0.15, -0.1) is 0 Å². The number of non-ortho nitro benzene ring substituents is 1. The third kappa shape index (κ3) is 4.80. The largest absolute Gasteiger partial charge is 0.489 e. The molecule has 8 heteroatoms. The van der Waals surface area contributed by atoms with Crippen LogP contribution in [0.2, 0.25) is 0 Å². The molecule has 0 bridgehead atoms. The summed E-state index contributed by atoms with van der Waals surface area (Å²) in [7, 11) is 0. The summed E-state index contributed by atoms with van der Waals surface area (Å²) in [5, 5.41) is 22.3. The van der Waals surface area contributed by atoms with Gasteiger partial charge in [-0.1, -0.05) is 0 Å². The van der Waals surface area contributed by atoms with E-state index in [2.05, 4.69) is 5.32 Å². The Morgan fingerprint density at radius 3 is 2.84 bits per heavy atom. The normalized spacial score (nSPS) is 9.95. The highest BCUT2D eigenvalue weighted by atomic mass is 16.6. The van der Waals surface area contributed by atoms with Gasteiger partial charge in [-0.2, -0.15) is 0 Å². The fourth-order valence-corrected chi connectivity index (χ4v) is 1.37. The smallest absolute Gasteiger partial charge is 0.273 e. The lowest BCUT2D eigenvalue weighted by Gasteiger charge is -2.12. The molecule has 0 saturated carbocycles. The molecule has 0 unspecified atom stereocenters. The molecule has 0 aromatic heterocycles. The number of amides is 1. The standard InChI is InChI=1S/C11H15N3O5/c12-11(16)3-4-13-9-2-1-8(14(17)18)7-10(9)19-6-5-15/h1-2,7,13,15H,3-6H2,(H2,12,16). The summed E-state index contributed by atoms with van der Waals surface area (Å²) >= 11 is 0. The number of anilines is 1. The first-order valence-corrected chi connectivity index (χ1v) is 5.59. The summed E-state index contributed by atoms with van der Waals surface area (Å²) in [6, 6.07) is 4.05. The van der Waals surface area contributed by atoms with Gasteiger partial charge in [0.15, 0.2) is 0 Å². The number of ether oxygens (including phenoxy) is 1. The second-order valence-electron chi connectivity index (χ2n) is 3.65. The zero-order valence-electron chi connectivity index (χ0n) is 10.2. The number of nitrogens with zero attached hydrogens (tertiary/aromatic N) is 1. The van der Waals surface area contributed by atoms with Crippen molar-refractivity contribution in [3.63, 3.8) is 0 Å². The summed E-state index contributed by atoms with van der Waals surface area (Å²) in [4.78, 5) is 20.7. The van der Waals surface area contributed by atoms with Crippen LogP contribution >= 0.6 is 0 Å². The lowest BCUT2D eigenvalue weighted by molar-refractivity contribution is -0.384. The van der Waals surface area contributed by atoms with Crippen LogP contribution in [0.15, 0.2) is 18.2 Å². The number of nitro groups is 1. The van der Waals surface area contributed by atoms with E-state index in [1.165, 1.54) is 18.2 Å². The van der Waals surface area contributed by atoms with Gasteiger partial charge in [0.05, 0.1) is 23.3 Å². The molecule has 1 rings (SSSR count). The molecule has 0 spiro atoms. The third-order valence-electron chi connectivity index (χ3n) is 2.21. The predicted molar refractivity (Wildman–Crippen MR) is 68.0 cm³/mol. The maximum atomic E-state index is 10.7. The minimum Gasteiger partial charge on any atom is -0.489 e. The van der Waals surface area contributed by atoms with Gasteiger partial charge in [0.1, 0.15) is 12.4 Å². The van der Waals surface area contributed by atoms with Crippen LogP contribution in [0.25, 0.3) is 0 Å². The first kappa shape index (κ1) is 14.7. The maximum Gasteiger partial charge on any atom is 0.273 e. The van der Waals surface area contributed by atoms with Gasteiger partial charge in [-0.3, -0.25) is 14.9 Å². The van der Waals surface area contributed by atoms with Crippen molar-refractivity contribution >= 4 is 17.3 Å². The summed E-state index contributed by atoms with van der Waals surface area (Å²) in [5.74, 6) is -0.208. The molecule has 1 amide bonds. The summed E-state index contributed by atoms with van der Waals surface area (Å²) in [5.41, 5.74) is 5.39. The Labute approximate surface area is 109 Å². The topological polar surface area (TPSA) is 128 Å². The van der Waals surface area contributed by atoms with Gasteiger partial charge >= 0.3 is 0 Å². The molecule has 1 aromatic rings. The van der Waals surface area contributed by atoms with Crippen molar-refractivity contribution in [2.75, 3.05) is 25.1 Å². The Bertz CT molecular complexity index is 464. The molecular weight excluding hydrogens is 254 g/mol. The zero-order chi connectivity index (χ0) is 14.3. The number of hydrogen-bond acceptors (Lipinski definition) is 6. The number of carbonyl (C=O) groups excluding carboxylic acids is 1. The van der Waals surface area contributed by atoms with Crippen molar-refractivity contribution in [2.24, 2.45) is 5.73 Å². The quantitative estimate of drug-likeness (QED) is 0.458. The number of benzene rings is 1. The average Bonchev–Trinajstić information content (AvgIpc) is 2.36. The fraction of sp³-hybridized carbons (Fsp3) is 0.364. The Morgan fingerprint density at radius 2 is 2.26 bits per heavy atom. The van der Waals surface area contributed by atoms with Crippen molar-refractivity contribution in [2.45, 2.75) is 6.42 Å². The van der Waals surface area contributed by atoms with E-state index in [0.717, 1.165) is 0 Å². The predicted octanol–water partition coefficient (Wildman–Crippen LogP) is 0.253. The second kappa shape index (κ2) is 7.17. The highest BCUT2D eigenvalue weighted by molar-refractivity contribution is 5.74. The molecular formula is C11H15N3O5. The number of hydrogen-bond donors (Lipinski definition) is 3. The van der Waals surface area contributed by atoms with Crippen LogP contribution in [0.4, 0.5) is 11.4 Å². The van der Waals surface area contributed by atoms with E-state index in [1.54, 1.807) is 0 Å². The minimum absolute atomic E-state index is 0.0195. The van der Waals surface area contributed by atoms with Gasteiger partial charge in [-0.25, -0.2) is 0 Å². The van der Waals surface area contributed by atoms with Crippen LogP contribution < -0.4 is 15.8 Å². The lowest BCUT2D eigenvalue weighted by Crippen LogP contribution is -2.16. The lowest BCUT2D eigenvalue weighted by atomic mass is 10.2. The van der Waals surface area contributed by atoms with Gasteiger partial charge in [0, 0.05) is 19.0 Å². The second-order valence-corrected chi connectivity index (χ2v) is 3.65. The Hall–Kier alpha value is -2.35. The number of carbonyl (C=O) groups is 1. The molecule has 0 saturated heterocycles. The van der Waals surface area contributed by atoms with E-state index in [9.17, 15) is 14.9 Å². The number of aliphatic hydroxyl groups excluding tert-OH is 1. The number of primary amides is 1. The molecule has 0 heterocycles. The first-order valence-electron chi connectivity index (χ1n) is 5.59. The molecule has 0 aliphatic rings.